The largest absolute Gasteiger partial charge is 0.489 e. The molecule has 4 aromatic rings. The zero-order valence-corrected chi connectivity index (χ0v) is 16.8. The van der Waals surface area contributed by atoms with Crippen LogP contribution in [0, 0.1) is 10.1 Å². The van der Waals surface area contributed by atoms with Crippen LogP contribution in [0.4, 0.5) is 5.69 Å². The molecule has 3 aromatic carbocycles. The third kappa shape index (κ3) is 3.74. The molecule has 0 unspecified atom stereocenters. The lowest BCUT2D eigenvalue weighted by atomic mass is 10.0. The number of non-ortho nitro benzene ring substituents is 1. The highest BCUT2D eigenvalue weighted by Crippen LogP contribution is 2.34. The SMILES string of the molecule is O=c1c(-c2ccc3c(c2)OCCO3)coc2cc(OCc3ccc([N+](=O)[O-])cc3)ccc12. The van der Waals surface area contributed by atoms with E-state index < -0.39 is 4.92 Å². The van der Waals surface area contributed by atoms with Crippen molar-refractivity contribution >= 4 is 16.7 Å². The topological polar surface area (TPSA) is 101 Å². The molecule has 0 amide bonds. The fourth-order valence-corrected chi connectivity index (χ4v) is 3.49. The van der Waals surface area contributed by atoms with Gasteiger partial charge in [0.25, 0.3) is 5.69 Å². The average molecular weight is 431 g/mol. The monoisotopic (exact) mass is 431 g/mol. The molecule has 0 atom stereocenters. The van der Waals surface area contributed by atoms with Gasteiger partial charge in [0.2, 0.25) is 0 Å². The Labute approximate surface area is 181 Å². The first kappa shape index (κ1) is 19.6. The summed E-state index contributed by atoms with van der Waals surface area (Å²) in [7, 11) is 0. The molecule has 0 bridgehead atoms. The van der Waals surface area contributed by atoms with E-state index in [-0.39, 0.29) is 17.7 Å². The summed E-state index contributed by atoms with van der Waals surface area (Å²) in [4.78, 5) is 23.3. The van der Waals surface area contributed by atoms with Gasteiger partial charge in [-0.05, 0) is 47.5 Å². The lowest BCUT2D eigenvalue weighted by Crippen LogP contribution is -2.15. The Morgan fingerprint density at radius 2 is 1.72 bits per heavy atom. The van der Waals surface area contributed by atoms with E-state index in [0.29, 0.717) is 52.6 Å². The molecule has 0 N–H and O–H groups in total. The van der Waals surface area contributed by atoms with Crippen LogP contribution in [-0.4, -0.2) is 18.1 Å². The maximum Gasteiger partial charge on any atom is 0.269 e. The molecular formula is C24H17NO7. The van der Waals surface area contributed by atoms with Crippen molar-refractivity contribution in [3.63, 3.8) is 0 Å². The first-order valence-electron chi connectivity index (χ1n) is 9.90. The van der Waals surface area contributed by atoms with Crippen molar-refractivity contribution < 1.29 is 23.6 Å². The summed E-state index contributed by atoms with van der Waals surface area (Å²) < 4.78 is 22.6. The van der Waals surface area contributed by atoms with E-state index in [1.165, 1.54) is 18.4 Å². The molecule has 1 aliphatic rings. The number of nitro benzene ring substituents is 1. The highest BCUT2D eigenvalue weighted by molar-refractivity contribution is 5.83. The Hall–Kier alpha value is -4.33. The summed E-state index contributed by atoms with van der Waals surface area (Å²) in [5, 5.41) is 11.2. The molecule has 32 heavy (non-hydrogen) atoms. The lowest BCUT2D eigenvalue weighted by molar-refractivity contribution is -0.384. The van der Waals surface area contributed by atoms with Crippen LogP contribution in [0.15, 0.2) is 76.1 Å². The molecule has 5 rings (SSSR count). The van der Waals surface area contributed by atoms with Crippen molar-refractivity contribution in [3.05, 3.63) is 92.8 Å². The molecule has 1 aliphatic heterocycles. The van der Waals surface area contributed by atoms with Gasteiger partial charge in [0.05, 0.1) is 15.9 Å². The first-order chi connectivity index (χ1) is 15.6. The van der Waals surface area contributed by atoms with Crippen LogP contribution >= 0.6 is 0 Å². The van der Waals surface area contributed by atoms with Gasteiger partial charge in [0.1, 0.15) is 37.4 Å². The first-order valence-corrected chi connectivity index (χ1v) is 9.90. The summed E-state index contributed by atoms with van der Waals surface area (Å²) in [6, 6.07) is 16.5. The summed E-state index contributed by atoms with van der Waals surface area (Å²) in [6.45, 7) is 1.19. The van der Waals surface area contributed by atoms with Crippen LogP contribution < -0.4 is 19.6 Å². The number of nitro groups is 1. The van der Waals surface area contributed by atoms with Crippen LogP contribution in [0.3, 0.4) is 0 Å². The summed E-state index contributed by atoms with van der Waals surface area (Å²) in [6.07, 6.45) is 1.43. The normalized spacial score (nSPS) is 12.5. The molecule has 8 nitrogen and oxygen atoms in total. The maximum atomic E-state index is 13.0. The third-order valence-corrected chi connectivity index (χ3v) is 5.15. The summed E-state index contributed by atoms with van der Waals surface area (Å²) >= 11 is 0. The molecule has 160 valence electrons. The Bertz CT molecular complexity index is 1380. The third-order valence-electron chi connectivity index (χ3n) is 5.15. The molecule has 0 saturated carbocycles. The van der Waals surface area contributed by atoms with E-state index >= 15 is 0 Å². The molecule has 0 spiro atoms. The quantitative estimate of drug-likeness (QED) is 0.333. The Balaban J connectivity index is 1.38. The van der Waals surface area contributed by atoms with E-state index in [0.717, 1.165) is 5.56 Å². The molecule has 1 aromatic heterocycles. The zero-order chi connectivity index (χ0) is 22.1. The fraction of sp³-hybridized carbons (Fsp3) is 0.125. The molecule has 0 fully saturated rings. The minimum absolute atomic E-state index is 0.0232. The van der Waals surface area contributed by atoms with Crippen molar-refractivity contribution in [2.24, 2.45) is 0 Å². The van der Waals surface area contributed by atoms with E-state index in [2.05, 4.69) is 0 Å². The van der Waals surface area contributed by atoms with E-state index in [9.17, 15) is 14.9 Å². The number of hydrogen-bond donors (Lipinski definition) is 0. The second kappa shape index (κ2) is 8.07. The molecule has 8 heteroatoms. The van der Waals surface area contributed by atoms with Crippen LogP contribution in [-0.2, 0) is 6.61 Å². The minimum atomic E-state index is -0.449. The number of nitrogens with zero attached hydrogens (tertiary/aromatic N) is 1. The second-order valence-electron chi connectivity index (χ2n) is 7.21. The van der Waals surface area contributed by atoms with Gasteiger partial charge in [0.15, 0.2) is 16.9 Å². The van der Waals surface area contributed by atoms with Crippen molar-refractivity contribution in [1.29, 1.82) is 0 Å². The van der Waals surface area contributed by atoms with Gasteiger partial charge < -0.3 is 18.6 Å². The van der Waals surface area contributed by atoms with Crippen LogP contribution in [0.1, 0.15) is 5.56 Å². The van der Waals surface area contributed by atoms with E-state index in [4.69, 9.17) is 18.6 Å². The lowest BCUT2D eigenvalue weighted by Gasteiger charge is -2.18. The molecule has 0 radical (unpaired) electrons. The van der Waals surface area contributed by atoms with Gasteiger partial charge >= 0.3 is 0 Å². The highest BCUT2D eigenvalue weighted by atomic mass is 16.6. The summed E-state index contributed by atoms with van der Waals surface area (Å²) in [5.41, 5.74) is 2.15. The average Bonchev–Trinajstić information content (AvgIpc) is 2.83. The van der Waals surface area contributed by atoms with Crippen molar-refractivity contribution in [1.82, 2.24) is 0 Å². The Kier molecular flexibility index (Phi) is 4.95. The highest BCUT2D eigenvalue weighted by Gasteiger charge is 2.16. The minimum Gasteiger partial charge on any atom is -0.489 e. The fourth-order valence-electron chi connectivity index (χ4n) is 3.49. The number of hydrogen-bond acceptors (Lipinski definition) is 7. The van der Waals surface area contributed by atoms with Crippen molar-refractivity contribution in [2.45, 2.75) is 6.61 Å². The van der Waals surface area contributed by atoms with Crippen molar-refractivity contribution in [3.8, 4) is 28.4 Å². The predicted molar refractivity (Wildman–Crippen MR) is 116 cm³/mol. The van der Waals surface area contributed by atoms with Gasteiger partial charge in [-0.15, -0.1) is 0 Å². The Morgan fingerprint density at radius 1 is 0.938 bits per heavy atom. The standard InChI is InChI=1S/C24H17NO7/c26-24-19-7-6-18(31-13-15-1-4-17(5-2-15)25(27)28)12-22(19)32-14-20(24)16-3-8-21-23(11-16)30-10-9-29-21/h1-8,11-12,14H,9-10,13H2. The van der Waals surface area contributed by atoms with Gasteiger partial charge in [-0.2, -0.15) is 0 Å². The number of ether oxygens (including phenoxy) is 3. The van der Waals surface area contributed by atoms with E-state index in [1.807, 2.05) is 0 Å². The van der Waals surface area contributed by atoms with E-state index in [1.54, 1.807) is 48.5 Å². The maximum absolute atomic E-state index is 13.0. The molecular weight excluding hydrogens is 414 g/mol. The second-order valence-corrected chi connectivity index (χ2v) is 7.21. The number of benzene rings is 3. The summed E-state index contributed by atoms with van der Waals surface area (Å²) in [5.74, 6) is 1.77. The van der Waals surface area contributed by atoms with Crippen LogP contribution in [0.2, 0.25) is 0 Å². The van der Waals surface area contributed by atoms with Crippen LogP contribution in [0.25, 0.3) is 22.1 Å². The molecule has 2 heterocycles. The van der Waals surface area contributed by atoms with Gasteiger partial charge in [-0.25, -0.2) is 0 Å². The van der Waals surface area contributed by atoms with Gasteiger partial charge in [0, 0.05) is 18.2 Å². The predicted octanol–water partition coefficient (Wildman–Crippen LogP) is 4.72. The van der Waals surface area contributed by atoms with Gasteiger partial charge in [-0.1, -0.05) is 6.07 Å². The van der Waals surface area contributed by atoms with Crippen molar-refractivity contribution in [2.75, 3.05) is 13.2 Å². The molecule has 0 saturated heterocycles. The number of rotatable bonds is 5. The zero-order valence-electron chi connectivity index (χ0n) is 16.8. The number of fused-ring (bicyclic) bond motifs is 2. The Morgan fingerprint density at radius 3 is 2.50 bits per heavy atom. The van der Waals surface area contributed by atoms with Gasteiger partial charge in [-0.3, -0.25) is 14.9 Å². The molecule has 0 aliphatic carbocycles. The van der Waals surface area contributed by atoms with Crippen LogP contribution in [0.5, 0.6) is 17.2 Å². The smallest absolute Gasteiger partial charge is 0.269 e.